The zero-order valence-electron chi connectivity index (χ0n) is 20.8. The third-order valence-corrected chi connectivity index (χ3v) is 7.78. The van der Waals surface area contributed by atoms with Gasteiger partial charge in [0, 0.05) is 29.5 Å². The average Bonchev–Trinajstić information content (AvgIpc) is 2.85. The van der Waals surface area contributed by atoms with Crippen molar-refractivity contribution in [2.45, 2.75) is 25.9 Å². The Balaban J connectivity index is 2.04. The van der Waals surface area contributed by atoms with Crippen LogP contribution in [0.4, 0.5) is 5.69 Å². The highest BCUT2D eigenvalue weighted by Crippen LogP contribution is 2.26. The molecule has 3 rings (SSSR count). The second kappa shape index (κ2) is 12.6. The molecule has 0 fully saturated rings. The van der Waals surface area contributed by atoms with Crippen molar-refractivity contribution < 1.29 is 18.0 Å². The number of benzene rings is 3. The predicted octanol–water partition coefficient (Wildman–Crippen LogP) is 4.56. The van der Waals surface area contributed by atoms with E-state index in [1.807, 2.05) is 54.6 Å². The number of halogens is 2. The molecule has 0 spiro atoms. The largest absolute Gasteiger partial charge is 0.357 e. The molecule has 0 aliphatic carbocycles. The molecule has 0 unspecified atom stereocenters. The number of carbonyl (C=O) groups excluding carboxylic acids is 2. The third-order valence-electron chi connectivity index (χ3n) is 5.89. The lowest BCUT2D eigenvalue weighted by molar-refractivity contribution is -0.139. The van der Waals surface area contributed by atoms with Crippen LogP contribution in [0, 0.1) is 6.92 Å². The Morgan fingerprint density at radius 1 is 1.00 bits per heavy atom. The molecular weight excluding hydrogens is 578 g/mol. The number of anilines is 1. The van der Waals surface area contributed by atoms with Crippen LogP contribution in [0.2, 0.25) is 5.02 Å². The van der Waals surface area contributed by atoms with Crippen molar-refractivity contribution in [1.29, 1.82) is 0 Å². The molecule has 10 heteroatoms. The number of amides is 2. The number of nitrogens with zero attached hydrogens (tertiary/aromatic N) is 2. The highest BCUT2D eigenvalue weighted by molar-refractivity contribution is 9.10. The molecule has 3 aromatic rings. The number of hydrogen-bond donors (Lipinski definition) is 1. The first-order valence-electron chi connectivity index (χ1n) is 11.5. The molecule has 3 aromatic carbocycles. The Kier molecular flexibility index (Phi) is 9.75. The number of likely N-dealkylation sites (N-methyl/N-ethyl adjacent to an activating group) is 1. The molecule has 0 radical (unpaired) electrons. The molecule has 0 bridgehead atoms. The van der Waals surface area contributed by atoms with Crippen molar-refractivity contribution in [2.75, 3.05) is 24.2 Å². The third kappa shape index (κ3) is 7.80. The minimum Gasteiger partial charge on any atom is -0.357 e. The molecule has 1 N–H and O–H groups in total. The Morgan fingerprint density at radius 2 is 1.65 bits per heavy atom. The summed E-state index contributed by atoms with van der Waals surface area (Å²) in [7, 11) is -2.32. The maximum absolute atomic E-state index is 13.9. The van der Waals surface area contributed by atoms with Crippen molar-refractivity contribution in [3.05, 3.63) is 99.0 Å². The van der Waals surface area contributed by atoms with Crippen molar-refractivity contribution in [3.8, 4) is 0 Å². The van der Waals surface area contributed by atoms with E-state index in [9.17, 15) is 18.0 Å². The van der Waals surface area contributed by atoms with Gasteiger partial charge in [0.2, 0.25) is 21.8 Å². The van der Waals surface area contributed by atoms with E-state index in [1.165, 1.54) is 11.9 Å². The first-order chi connectivity index (χ1) is 17.5. The Hall–Kier alpha value is -2.88. The summed E-state index contributed by atoms with van der Waals surface area (Å²) < 4.78 is 27.6. The van der Waals surface area contributed by atoms with Crippen LogP contribution in [0.25, 0.3) is 0 Å². The highest BCUT2D eigenvalue weighted by atomic mass is 79.9. The van der Waals surface area contributed by atoms with Gasteiger partial charge in [-0.15, -0.1) is 0 Å². The normalized spacial score (nSPS) is 12.0. The van der Waals surface area contributed by atoms with Crippen LogP contribution < -0.4 is 9.62 Å². The summed E-state index contributed by atoms with van der Waals surface area (Å²) in [5.41, 5.74) is 2.63. The van der Waals surface area contributed by atoms with E-state index in [0.717, 1.165) is 26.2 Å². The monoisotopic (exact) mass is 605 g/mol. The van der Waals surface area contributed by atoms with E-state index in [-0.39, 0.29) is 18.9 Å². The molecule has 0 aliphatic rings. The van der Waals surface area contributed by atoms with Gasteiger partial charge < -0.3 is 10.2 Å². The Labute approximate surface area is 231 Å². The molecule has 7 nitrogen and oxygen atoms in total. The minimum atomic E-state index is -3.83. The summed E-state index contributed by atoms with van der Waals surface area (Å²) in [6.07, 6.45) is 1.31. The van der Waals surface area contributed by atoms with E-state index in [0.29, 0.717) is 16.3 Å². The summed E-state index contributed by atoms with van der Waals surface area (Å²) in [4.78, 5) is 28.4. The molecular formula is C27H29BrClN3O4S. The second-order valence-electron chi connectivity index (χ2n) is 8.67. The van der Waals surface area contributed by atoms with Gasteiger partial charge in [-0.25, -0.2) is 8.42 Å². The SMILES string of the molecule is CNC(=O)[C@@H](Cc1ccccc1)N(Cc1ccc(Br)cc1)C(=O)CN(c1ccc(Cl)cc1C)S(C)(=O)=O. The zero-order chi connectivity index (χ0) is 27.2. The molecule has 0 aliphatic heterocycles. The summed E-state index contributed by atoms with van der Waals surface area (Å²) >= 11 is 9.48. The molecule has 0 saturated heterocycles. The number of rotatable bonds is 10. The molecule has 196 valence electrons. The van der Waals surface area contributed by atoms with Crippen LogP contribution in [0.1, 0.15) is 16.7 Å². The van der Waals surface area contributed by atoms with Gasteiger partial charge in [-0.3, -0.25) is 13.9 Å². The molecule has 1 atom stereocenters. The molecule has 0 saturated carbocycles. The van der Waals surface area contributed by atoms with E-state index < -0.39 is 28.5 Å². The number of sulfonamides is 1. The summed E-state index contributed by atoms with van der Waals surface area (Å²) in [6.45, 7) is 1.38. The quantitative estimate of drug-likeness (QED) is 0.367. The zero-order valence-corrected chi connectivity index (χ0v) is 24.0. The van der Waals surface area contributed by atoms with E-state index in [4.69, 9.17) is 11.6 Å². The van der Waals surface area contributed by atoms with Crippen molar-refractivity contribution >= 4 is 55.1 Å². The van der Waals surface area contributed by atoms with Gasteiger partial charge in [0.25, 0.3) is 0 Å². The maximum atomic E-state index is 13.9. The average molecular weight is 607 g/mol. The van der Waals surface area contributed by atoms with Crippen LogP contribution in [0.15, 0.2) is 77.3 Å². The van der Waals surface area contributed by atoms with Gasteiger partial charge in [-0.05, 0) is 53.9 Å². The first-order valence-corrected chi connectivity index (χ1v) is 14.5. The van der Waals surface area contributed by atoms with Gasteiger partial charge in [-0.2, -0.15) is 0 Å². The van der Waals surface area contributed by atoms with Crippen LogP contribution in [-0.4, -0.2) is 51.0 Å². The van der Waals surface area contributed by atoms with E-state index in [1.54, 1.807) is 25.1 Å². The second-order valence-corrected chi connectivity index (χ2v) is 11.9. The fourth-order valence-electron chi connectivity index (χ4n) is 4.00. The number of hydrogen-bond acceptors (Lipinski definition) is 4. The first kappa shape index (κ1) is 28.7. The van der Waals surface area contributed by atoms with E-state index >= 15 is 0 Å². The predicted molar refractivity (Wildman–Crippen MR) is 151 cm³/mol. The fourth-order valence-corrected chi connectivity index (χ4v) is 5.40. The fraction of sp³-hybridized carbons (Fsp3) is 0.259. The van der Waals surface area contributed by atoms with Gasteiger partial charge >= 0.3 is 0 Å². The van der Waals surface area contributed by atoms with Crippen molar-refractivity contribution in [3.63, 3.8) is 0 Å². The van der Waals surface area contributed by atoms with Crippen LogP contribution >= 0.6 is 27.5 Å². The highest BCUT2D eigenvalue weighted by Gasteiger charge is 2.33. The van der Waals surface area contributed by atoms with Crippen molar-refractivity contribution in [2.24, 2.45) is 0 Å². The lowest BCUT2D eigenvalue weighted by atomic mass is 10.0. The Bertz CT molecular complexity index is 1350. The van der Waals surface area contributed by atoms with Crippen LogP contribution in [0.3, 0.4) is 0 Å². The van der Waals surface area contributed by atoms with Gasteiger partial charge in [0.1, 0.15) is 12.6 Å². The lowest BCUT2D eigenvalue weighted by Gasteiger charge is -2.33. The van der Waals surface area contributed by atoms with Crippen LogP contribution in [0.5, 0.6) is 0 Å². The number of carbonyl (C=O) groups is 2. The lowest BCUT2D eigenvalue weighted by Crippen LogP contribution is -2.53. The van der Waals surface area contributed by atoms with Gasteiger partial charge in [0.15, 0.2) is 0 Å². The van der Waals surface area contributed by atoms with Gasteiger partial charge in [-0.1, -0.05) is 70.0 Å². The van der Waals surface area contributed by atoms with Gasteiger partial charge in [0.05, 0.1) is 11.9 Å². The number of aryl methyl sites for hydroxylation is 1. The standard InChI is InChI=1S/C27H29BrClN3O4S/c1-19-15-23(29)13-14-24(19)32(37(3,35)36)18-26(33)31(17-21-9-11-22(28)12-10-21)25(27(34)30-2)16-20-7-5-4-6-8-20/h4-15,25H,16-18H2,1-3H3,(H,30,34)/t25-/m1/s1. The summed E-state index contributed by atoms with van der Waals surface area (Å²) in [5, 5.41) is 3.12. The molecule has 2 amide bonds. The topological polar surface area (TPSA) is 86.8 Å². The minimum absolute atomic E-state index is 0.119. The van der Waals surface area contributed by atoms with Crippen molar-refractivity contribution in [1.82, 2.24) is 10.2 Å². The maximum Gasteiger partial charge on any atom is 0.244 e. The molecule has 37 heavy (non-hydrogen) atoms. The van der Waals surface area contributed by atoms with E-state index in [2.05, 4.69) is 21.2 Å². The summed E-state index contributed by atoms with van der Waals surface area (Å²) in [6, 6.07) is 20.7. The number of nitrogens with one attached hydrogen (secondary N) is 1. The smallest absolute Gasteiger partial charge is 0.244 e. The molecule has 0 aromatic heterocycles. The van der Waals surface area contributed by atoms with Crippen LogP contribution in [-0.2, 0) is 32.6 Å². The molecule has 0 heterocycles. The Morgan fingerprint density at radius 3 is 2.22 bits per heavy atom. The summed E-state index contributed by atoms with van der Waals surface area (Å²) in [5.74, 6) is -0.852.